The SMILES string of the molecule is CCCCCN(C)S(=O)(=O)c1cc(N)ccc1F. The number of nitrogens with two attached hydrogens (primary N) is 1. The van der Waals surface area contributed by atoms with E-state index in [1.165, 1.54) is 17.4 Å². The summed E-state index contributed by atoms with van der Waals surface area (Å²) in [5.74, 6) is -0.772. The Balaban J connectivity index is 2.95. The van der Waals surface area contributed by atoms with E-state index in [9.17, 15) is 12.8 Å². The first-order valence-electron chi connectivity index (χ1n) is 5.91. The second-order valence-electron chi connectivity index (χ2n) is 4.22. The Morgan fingerprint density at radius 1 is 1.33 bits per heavy atom. The molecule has 1 rings (SSSR count). The Morgan fingerprint density at radius 3 is 2.61 bits per heavy atom. The molecule has 1 aromatic carbocycles. The maximum atomic E-state index is 13.6. The molecule has 0 aliphatic carbocycles. The maximum absolute atomic E-state index is 13.6. The molecule has 2 N–H and O–H groups in total. The average Bonchev–Trinajstić information content (AvgIpc) is 2.32. The van der Waals surface area contributed by atoms with Crippen molar-refractivity contribution in [3.05, 3.63) is 24.0 Å². The Hall–Kier alpha value is -1.14. The van der Waals surface area contributed by atoms with E-state index in [0.29, 0.717) is 6.54 Å². The zero-order chi connectivity index (χ0) is 13.8. The highest BCUT2D eigenvalue weighted by Crippen LogP contribution is 2.21. The fourth-order valence-electron chi connectivity index (χ4n) is 1.59. The standard InChI is InChI=1S/C12H19FN2O2S/c1-3-4-5-8-15(2)18(16,17)12-9-10(14)6-7-11(12)13/h6-7,9H,3-5,8,14H2,1-2H3. The van der Waals surface area contributed by atoms with Gasteiger partial charge in [-0.15, -0.1) is 0 Å². The minimum Gasteiger partial charge on any atom is -0.399 e. The van der Waals surface area contributed by atoms with Crippen molar-refractivity contribution in [2.24, 2.45) is 0 Å². The zero-order valence-corrected chi connectivity index (χ0v) is 11.5. The average molecular weight is 274 g/mol. The highest BCUT2D eigenvalue weighted by molar-refractivity contribution is 7.89. The van der Waals surface area contributed by atoms with Crippen molar-refractivity contribution in [2.45, 2.75) is 31.1 Å². The molecule has 0 aliphatic rings. The first-order chi connectivity index (χ1) is 8.39. The van der Waals surface area contributed by atoms with Crippen molar-refractivity contribution < 1.29 is 12.8 Å². The van der Waals surface area contributed by atoms with E-state index in [-0.39, 0.29) is 10.6 Å². The third-order valence-electron chi connectivity index (χ3n) is 2.72. The van der Waals surface area contributed by atoms with E-state index in [1.54, 1.807) is 0 Å². The van der Waals surface area contributed by atoms with Gasteiger partial charge in [-0.25, -0.2) is 17.1 Å². The van der Waals surface area contributed by atoms with Gasteiger partial charge in [-0.1, -0.05) is 19.8 Å². The molecule has 0 amide bonds. The van der Waals surface area contributed by atoms with Crippen molar-refractivity contribution in [3.63, 3.8) is 0 Å². The van der Waals surface area contributed by atoms with Crippen molar-refractivity contribution in [1.82, 2.24) is 4.31 Å². The lowest BCUT2D eigenvalue weighted by Crippen LogP contribution is -2.28. The third-order valence-corrected chi connectivity index (χ3v) is 4.59. The molecule has 4 nitrogen and oxygen atoms in total. The number of anilines is 1. The Kier molecular flexibility index (Phi) is 5.10. The monoisotopic (exact) mass is 274 g/mol. The van der Waals surface area contributed by atoms with Crippen molar-refractivity contribution in [2.75, 3.05) is 19.3 Å². The van der Waals surface area contributed by atoms with Crippen LogP contribution in [0.2, 0.25) is 0 Å². The summed E-state index contributed by atoms with van der Waals surface area (Å²) < 4.78 is 39.0. The zero-order valence-electron chi connectivity index (χ0n) is 10.7. The van der Waals surface area contributed by atoms with Gasteiger partial charge >= 0.3 is 0 Å². The number of nitrogens with zero attached hydrogens (tertiary/aromatic N) is 1. The quantitative estimate of drug-likeness (QED) is 0.639. The summed E-state index contributed by atoms with van der Waals surface area (Å²) in [6.45, 7) is 2.41. The lowest BCUT2D eigenvalue weighted by molar-refractivity contribution is 0.449. The van der Waals surface area contributed by atoms with Crippen molar-refractivity contribution in [1.29, 1.82) is 0 Å². The maximum Gasteiger partial charge on any atom is 0.245 e. The first-order valence-corrected chi connectivity index (χ1v) is 7.35. The molecule has 18 heavy (non-hydrogen) atoms. The Morgan fingerprint density at radius 2 is 2.00 bits per heavy atom. The van der Waals surface area contributed by atoms with Crippen LogP contribution in [0.3, 0.4) is 0 Å². The number of benzene rings is 1. The topological polar surface area (TPSA) is 63.4 Å². The second kappa shape index (κ2) is 6.15. The molecule has 1 aromatic rings. The van der Waals surface area contributed by atoms with Gasteiger partial charge in [0, 0.05) is 19.3 Å². The van der Waals surface area contributed by atoms with E-state index >= 15 is 0 Å². The van der Waals surface area contributed by atoms with Crippen LogP contribution in [0.4, 0.5) is 10.1 Å². The van der Waals surface area contributed by atoms with Gasteiger partial charge in [-0.2, -0.15) is 0 Å². The molecule has 0 saturated carbocycles. The van der Waals surface area contributed by atoms with Gasteiger partial charge in [0.05, 0.1) is 0 Å². The van der Waals surface area contributed by atoms with Crippen molar-refractivity contribution in [3.8, 4) is 0 Å². The van der Waals surface area contributed by atoms with Crippen LogP contribution in [0.1, 0.15) is 26.2 Å². The van der Waals surface area contributed by atoms with E-state index in [2.05, 4.69) is 0 Å². The van der Waals surface area contributed by atoms with Gasteiger partial charge in [0.15, 0.2) is 0 Å². The van der Waals surface area contributed by atoms with Crippen molar-refractivity contribution >= 4 is 15.7 Å². The van der Waals surface area contributed by atoms with Gasteiger partial charge in [0.2, 0.25) is 10.0 Å². The van der Waals surface area contributed by atoms with Crippen LogP contribution in [0, 0.1) is 5.82 Å². The van der Waals surface area contributed by atoms with Gasteiger partial charge in [-0.05, 0) is 24.6 Å². The number of unbranched alkanes of at least 4 members (excludes halogenated alkanes) is 2. The number of sulfonamides is 1. The molecule has 0 saturated heterocycles. The number of nitrogen functional groups attached to an aromatic ring is 1. The van der Waals surface area contributed by atoms with Crippen LogP contribution < -0.4 is 5.73 Å². The van der Waals surface area contributed by atoms with Crippen LogP contribution in [0.15, 0.2) is 23.1 Å². The summed E-state index contributed by atoms with van der Waals surface area (Å²) in [6.07, 6.45) is 2.70. The fraction of sp³-hybridized carbons (Fsp3) is 0.500. The number of hydrogen-bond donors (Lipinski definition) is 1. The summed E-state index contributed by atoms with van der Waals surface area (Å²) in [4.78, 5) is -0.360. The molecule has 0 aliphatic heterocycles. The number of rotatable bonds is 6. The third kappa shape index (κ3) is 3.43. The predicted octanol–water partition coefficient (Wildman–Crippen LogP) is 2.22. The molecule has 0 unspecified atom stereocenters. The van der Waals surface area contributed by atoms with E-state index in [1.807, 2.05) is 6.92 Å². The second-order valence-corrected chi connectivity index (χ2v) is 6.24. The van der Waals surface area contributed by atoms with E-state index in [4.69, 9.17) is 5.73 Å². The molecule has 0 heterocycles. The highest BCUT2D eigenvalue weighted by Gasteiger charge is 2.24. The largest absolute Gasteiger partial charge is 0.399 e. The van der Waals surface area contributed by atoms with Gasteiger partial charge in [-0.3, -0.25) is 0 Å². The van der Waals surface area contributed by atoms with Crippen LogP contribution >= 0.6 is 0 Å². The van der Waals surface area contributed by atoms with Gasteiger partial charge < -0.3 is 5.73 Å². The number of halogens is 1. The molecule has 102 valence electrons. The fourth-order valence-corrected chi connectivity index (χ4v) is 2.89. The molecule has 0 fully saturated rings. The summed E-state index contributed by atoms with van der Waals surface area (Å²) in [5.41, 5.74) is 5.73. The summed E-state index contributed by atoms with van der Waals surface area (Å²) in [6, 6.07) is 3.56. The normalized spacial score (nSPS) is 12.0. The van der Waals surface area contributed by atoms with Crippen LogP contribution in [0.25, 0.3) is 0 Å². The lowest BCUT2D eigenvalue weighted by atomic mass is 10.2. The first kappa shape index (κ1) is 14.9. The minimum absolute atomic E-state index is 0.233. The van der Waals surface area contributed by atoms with E-state index in [0.717, 1.165) is 31.4 Å². The minimum atomic E-state index is -3.79. The van der Waals surface area contributed by atoms with Gasteiger partial charge in [0.25, 0.3) is 0 Å². The molecule has 6 heteroatoms. The predicted molar refractivity (Wildman–Crippen MR) is 70.2 cm³/mol. The van der Waals surface area contributed by atoms with Crippen LogP contribution in [-0.2, 0) is 10.0 Å². The Bertz CT molecular complexity index is 503. The summed E-state index contributed by atoms with van der Waals surface area (Å²) in [5, 5.41) is 0. The smallest absolute Gasteiger partial charge is 0.245 e. The lowest BCUT2D eigenvalue weighted by Gasteiger charge is -2.17. The van der Waals surface area contributed by atoms with E-state index < -0.39 is 15.8 Å². The van der Waals surface area contributed by atoms with Crippen LogP contribution in [0.5, 0.6) is 0 Å². The summed E-state index contributed by atoms with van der Waals surface area (Å²) >= 11 is 0. The van der Waals surface area contributed by atoms with Crippen LogP contribution in [-0.4, -0.2) is 26.3 Å². The molecular weight excluding hydrogens is 255 g/mol. The summed E-state index contributed by atoms with van der Waals surface area (Å²) in [7, 11) is -2.34. The molecular formula is C12H19FN2O2S. The molecule has 0 atom stereocenters. The highest BCUT2D eigenvalue weighted by atomic mass is 32.2. The molecule has 0 spiro atoms. The van der Waals surface area contributed by atoms with Gasteiger partial charge in [0.1, 0.15) is 10.7 Å². The number of hydrogen-bond acceptors (Lipinski definition) is 3. The molecule has 0 radical (unpaired) electrons. The Labute approximate surface area is 108 Å². The molecule has 0 bridgehead atoms. The molecule has 0 aromatic heterocycles.